The molecule has 2 aromatic heterocycles. The number of amides is 2. The number of rotatable bonds is 4. The molecule has 0 aliphatic heterocycles. The number of methoxy groups -OCH3 is 1. The Labute approximate surface area is 132 Å². The van der Waals surface area contributed by atoms with Crippen molar-refractivity contribution in [3.63, 3.8) is 0 Å². The van der Waals surface area contributed by atoms with Gasteiger partial charge in [-0.2, -0.15) is 0 Å². The van der Waals surface area contributed by atoms with E-state index in [1.807, 2.05) is 53.4 Å². The number of carbonyl (C=O) groups excluding carboxylic acids is 1. The van der Waals surface area contributed by atoms with Gasteiger partial charge in [-0.15, -0.1) is 11.3 Å². The summed E-state index contributed by atoms with van der Waals surface area (Å²) in [7, 11) is 3.55. The molecule has 3 rings (SSSR count). The van der Waals surface area contributed by atoms with Gasteiger partial charge in [0, 0.05) is 23.4 Å². The van der Waals surface area contributed by atoms with Gasteiger partial charge in [-0.25, -0.2) is 4.79 Å². The standard InChI is InChI=1S/C16H17N3O2S/c1-19-14-9-12(21-2)6-5-11(14)8-15(19)18-16(20)17-10-13-4-3-7-22-13/h3-9H,10H2,1-2H3,(H2,17,18,20). The zero-order chi connectivity index (χ0) is 15.5. The summed E-state index contributed by atoms with van der Waals surface area (Å²) < 4.78 is 7.17. The highest BCUT2D eigenvalue weighted by Gasteiger charge is 2.09. The highest BCUT2D eigenvalue weighted by atomic mass is 32.1. The minimum Gasteiger partial charge on any atom is -0.497 e. The average molecular weight is 315 g/mol. The lowest BCUT2D eigenvalue weighted by Crippen LogP contribution is -2.28. The van der Waals surface area contributed by atoms with E-state index in [0.29, 0.717) is 6.54 Å². The molecule has 0 saturated heterocycles. The third-order valence-corrected chi connectivity index (χ3v) is 4.37. The molecule has 114 valence electrons. The Kier molecular flexibility index (Phi) is 4.02. The summed E-state index contributed by atoms with van der Waals surface area (Å²) in [6.07, 6.45) is 0. The monoisotopic (exact) mass is 315 g/mol. The zero-order valence-electron chi connectivity index (χ0n) is 12.4. The van der Waals surface area contributed by atoms with E-state index in [1.165, 1.54) is 0 Å². The molecule has 0 fully saturated rings. The number of carbonyl (C=O) groups is 1. The molecular weight excluding hydrogens is 298 g/mol. The molecule has 1 aromatic carbocycles. The van der Waals surface area contributed by atoms with E-state index in [1.54, 1.807) is 18.4 Å². The van der Waals surface area contributed by atoms with Crippen LogP contribution in [0.1, 0.15) is 4.88 Å². The first-order valence-electron chi connectivity index (χ1n) is 6.88. The first kappa shape index (κ1) is 14.5. The molecule has 2 heterocycles. The molecule has 0 spiro atoms. The number of ether oxygens (including phenoxy) is 1. The fraction of sp³-hybridized carbons (Fsp3) is 0.188. The van der Waals surface area contributed by atoms with E-state index in [2.05, 4.69) is 10.6 Å². The maximum absolute atomic E-state index is 12.0. The second-order valence-corrected chi connectivity index (χ2v) is 5.93. The van der Waals surface area contributed by atoms with E-state index < -0.39 is 0 Å². The fourth-order valence-corrected chi connectivity index (χ4v) is 2.94. The lowest BCUT2D eigenvalue weighted by atomic mass is 10.2. The van der Waals surface area contributed by atoms with Gasteiger partial charge in [0.25, 0.3) is 0 Å². The summed E-state index contributed by atoms with van der Waals surface area (Å²) >= 11 is 1.62. The molecular formula is C16H17N3O2S. The van der Waals surface area contributed by atoms with Crippen LogP contribution in [0.4, 0.5) is 10.6 Å². The molecule has 0 aliphatic rings. The lowest BCUT2D eigenvalue weighted by Gasteiger charge is -2.08. The molecule has 0 bridgehead atoms. The summed E-state index contributed by atoms with van der Waals surface area (Å²) in [6.45, 7) is 0.529. The Morgan fingerprint density at radius 2 is 2.18 bits per heavy atom. The summed E-state index contributed by atoms with van der Waals surface area (Å²) in [5.74, 6) is 1.54. The van der Waals surface area contributed by atoms with Crippen molar-refractivity contribution < 1.29 is 9.53 Å². The van der Waals surface area contributed by atoms with Crippen molar-refractivity contribution in [1.29, 1.82) is 0 Å². The van der Waals surface area contributed by atoms with Crippen LogP contribution >= 0.6 is 11.3 Å². The van der Waals surface area contributed by atoms with Gasteiger partial charge in [0.1, 0.15) is 11.6 Å². The number of benzene rings is 1. The average Bonchev–Trinajstić information content (AvgIpc) is 3.14. The van der Waals surface area contributed by atoms with E-state index in [0.717, 1.165) is 27.3 Å². The van der Waals surface area contributed by atoms with Crippen molar-refractivity contribution in [3.8, 4) is 5.75 Å². The van der Waals surface area contributed by atoms with Crippen LogP contribution < -0.4 is 15.4 Å². The largest absolute Gasteiger partial charge is 0.497 e. The Morgan fingerprint density at radius 1 is 1.32 bits per heavy atom. The zero-order valence-corrected chi connectivity index (χ0v) is 13.2. The first-order valence-corrected chi connectivity index (χ1v) is 7.76. The van der Waals surface area contributed by atoms with Crippen molar-refractivity contribution in [1.82, 2.24) is 9.88 Å². The quantitative estimate of drug-likeness (QED) is 0.773. The van der Waals surface area contributed by atoms with Crippen LogP contribution in [0.15, 0.2) is 41.8 Å². The predicted molar refractivity (Wildman–Crippen MR) is 89.6 cm³/mol. The van der Waals surface area contributed by atoms with E-state index in [9.17, 15) is 4.79 Å². The van der Waals surface area contributed by atoms with Crippen molar-refractivity contribution in [2.75, 3.05) is 12.4 Å². The van der Waals surface area contributed by atoms with E-state index >= 15 is 0 Å². The number of anilines is 1. The van der Waals surface area contributed by atoms with E-state index in [-0.39, 0.29) is 6.03 Å². The second kappa shape index (κ2) is 6.11. The molecule has 0 aliphatic carbocycles. The van der Waals surface area contributed by atoms with E-state index in [4.69, 9.17) is 4.74 Å². The Morgan fingerprint density at radius 3 is 2.91 bits per heavy atom. The molecule has 2 amide bonds. The number of thiophene rings is 1. The Balaban J connectivity index is 1.73. The summed E-state index contributed by atoms with van der Waals surface area (Å²) in [5, 5.41) is 8.77. The highest BCUT2D eigenvalue weighted by Crippen LogP contribution is 2.26. The van der Waals surface area contributed by atoms with Crippen LogP contribution in [0.5, 0.6) is 5.75 Å². The maximum atomic E-state index is 12.0. The third-order valence-electron chi connectivity index (χ3n) is 3.50. The van der Waals surface area contributed by atoms with Crippen molar-refractivity contribution in [2.45, 2.75) is 6.54 Å². The minimum atomic E-state index is -0.216. The predicted octanol–water partition coefficient (Wildman–Crippen LogP) is 3.57. The number of fused-ring (bicyclic) bond motifs is 1. The van der Waals surface area contributed by atoms with Gasteiger partial charge in [-0.1, -0.05) is 6.07 Å². The number of hydrogen-bond acceptors (Lipinski definition) is 3. The number of nitrogens with one attached hydrogen (secondary N) is 2. The molecule has 0 saturated carbocycles. The molecule has 0 radical (unpaired) electrons. The van der Waals surface area contributed by atoms with Crippen LogP contribution in [0.25, 0.3) is 10.9 Å². The maximum Gasteiger partial charge on any atom is 0.320 e. The van der Waals surface area contributed by atoms with Crippen molar-refractivity contribution in [3.05, 3.63) is 46.7 Å². The number of aryl methyl sites for hydroxylation is 1. The number of nitrogens with zero attached hydrogens (tertiary/aromatic N) is 1. The molecule has 5 nitrogen and oxygen atoms in total. The van der Waals surface area contributed by atoms with Gasteiger partial charge in [-0.05, 0) is 29.6 Å². The van der Waals surface area contributed by atoms with Crippen LogP contribution in [-0.4, -0.2) is 17.7 Å². The normalized spacial score (nSPS) is 10.6. The highest BCUT2D eigenvalue weighted by molar-refractivity contribution is 7.09. The first-order chi connectivity index (χ1) is 10.7. The molecule has 0 atom stereocenters. The van der Waals surface area contributed by atoms with Crippen LogP contribution in [-0.2, 0) is 13.6 Å². The summed E-state index contributed by atoms with van der Waals surface area (Å²) in [4.78, 5) is 13.1. The molecule has 2 N–H and O–H groups in total. The number of urea groups is 1. The van der Waals surface area contributed by atoms with Crippen LogP contribution in [0.3, 0.4) is 0 Å². The van der Waals surface area contributed by atoms with Gasteiger partial charge in [0.15, 0.2) is 0 Å². The topological polar surface area (TPSA) is 55.3 Å². The van der Waals surface area contributed by atoms with Gasteiger partial charge >= 0.3 is 6.03 Å². The minimum absolute atomic E-state index is 0.216. The Bertz CT molecular complexity index is 793. The molecule has 0 unspecified atom stereocenters. The summed E-state index contributed by atoms with van der Waals surface area (Å²) in [6, 6.07) is 11.5. The SMILES string of the molecule is COc1ccc2cc(NC(=O)NCc3cccs3)n(C)c2c1. The lowest BCUT2D eigenvalue weighted by molar-refractivity contribution is 0.251. The van der Waals surface area contributed by atoms with Crippen molar-refractivity contribution >= 4 is 34.1 Å². The second-order valence-electron chi connectivity index (χ2n) is 4.90. The van der Waals surface area contributed by atoms with Gasteiger partial charge in [-0.3, -0.25) is 5.32 Å². The van der Waals surface area contributed by atoms with Crippen LogP contribution in [0.2, 0.25) is 0 Å². The third kappa shape index (κ3) is 2.92. The number of aromatic nitrogens is 1. The smallest absolute Gasteiger partial charge is 0.320 e. The molecule has 6 heteroatoms. The molecule has 3 aromatic rings. The summed E-state index contributed by atoms with van der Waals surface area (Å²) in [5.41, 5.74) is 1.01. The molecule has 22 heavy (non-hydrogen) atoms. The fourth-order valence-electron chi connectivity index (χ4n) is 2.30. The number of hydrogen-bond donors (Lipinski definition) is 2. The Hall–Kier alpha value is -2.47. The van der Waals surface area contributed by atoms with Gasteiger partial charge in [0.05, 0.1) is 19.2 Å². The van der Waals surface area contributed by atoms with Gasteiger partial charge in [0.2, 0.25) is 0 Å². The van der Waals surface area contributed by atoms with Crippen LogP contribution in [0, 0.1) is 0 Å². The van der Waals surface area contributed by atoms with Crippen molar-refractivity contribution in [2.24, 2.45) is 7.05 Å². The van der Waals surface area contributed by atoms with Gasteiger partial charge < -0.3 is 14.6 Å².